The van der Waals surface area contributed by atoms with Gasteiger partial charge in [0.15, 0.2) is 5.71 Å². The number of halogens is 2. The van der Waals surface area contributed by atoms with E-state index in [1.807, 2.05) is 12.1 Å². The van der Waals surface area contributed by atoms with E-state index < -0.39 is 5.82 Å². The van der Waals surface area contributed by atoms with E-state index in [0.29, 0.717) is 17.1 Å². The smallest absolute Gasteiger partial charge is 0.272 e. The topological polar surface area (TPSA) is 98.5 Å². The maximum absolute atomic E-state index is 13.4. The molecular weight excluding hydrogens is 471 g/mol. The first-order valence-corrected chi connectivity index (χ1v) is 12.5. The highest BCUT2D eigenvalue weighted by Crippen LogP contribution is 2.57. The fourth-order valence-corrected chi connectivity index (χ4v) is 6.13. The van der Waals surface area contributed by atoms with Crippen molar-refractivity contribution < 1.29 is 14.0 Å². The summed E-state index contributed by atoms with van der Waals surface area (Å²) in [6, 6.07) is 4.00. The minimum atomic E-state index is -0.501. The number of fused-ring (bicyclic) bond motifs is 4. The number of aliphatic imine (C=N–C) groups is 2. The van der Waals surface area contributed by atoms with Crippen LogP contribution in [0.3, 0.4) is 0 Å². The number of likely N-dealkylation sites (N-methyl/N-ethyl adjacent to an activating group) is 1. The molecule has 35 heavy (non-hydrogen) atoms. The molecule has 1 aromatic carbocycles. The lowest BCUT2D eigenvalue weighted by molar-refractivity contribution is -0.135. The monoisotopic (exact) mass is 500 g/mol. The maximum Gasteiger partial charge on any atom is 0.272 e. The van der Waals surface area contributed by atoms with E-state index in [1.165, 1.54) is 18.5 Å². The van der Waals surface area contributed by atoms with Gasteiger partial charge in [-0.05, 0) is 68.6 Å². The fraction of sp³-hybridized carbons (Fsp3) is 0.560. The summed E-state index contributed by atoms with van der Waals surface area (Å²) in [7, 11) is 1.87. The minimum Gasteiger partial charge on any atom is -0.347 e. The summed E-state index contributed by atoms with van der Waals surface area (Å²) in [5, 5.41) is 12.9. The Morgan fingerprint density at radius 3 is 2.57 bits per heavy atom. The molecule has 2 N–H and O–H groups in total. The van der Waals surface area contributed by atoms with E-state index in [2.05, 4.69) is 25.7 Å². The van der Waals surface area contributed by atoms with Crippen molar-refractivity contribution in [3.8, 4) is 0 Å². The van der Waals surface area contributed by atoms with E-state index in [0.717, 1.165) is 45.1 Å². The first kappa shape index (κ1) is 24.1. The number of nitrogens with zero attached hydrogens (tertiary/aromatic N) is 4. The Hall–Kier alpha value is -2.65. The van der Waals surface area contributed by atoms with Gasteiger partial charge >= 0.3 is 0 Å². The number of benzene rings is 1. The number of hydrogen-bond donors (Lipinski definition) is 2. The number of ketones is 1. The Morgan fingerprint density at radius 1 is 1.20 bits per heavy atom. The first-order valence-electron chi connectivity index (χ1n) is 12.1. The predicted molar refractivity (Wildman–Crippen MR) is 133 cm³/mol. The molecule has 2 heterocycles. The van der Waals surface area contributed by atoms with Crippen molar-refractivity contribution in [2.24, 2.45) is 25.9 Å². The van der Waals surface area contributed by atoms with E-state index >= 15 is 0 Å². The standard InChI is InChI=1S/C25H30ClFN6O2/c1-15(34)25-8-5-24(6-9-25,7-10-25)13-29-22-20-19(32-33(22)2)21(31-14-30-20)23(35)28-12-16-3-4-18(27)17(26)11-16/h3-4,11,14,20,22,29H,5-10,12-13H2,1-2H3,(H,28,35). The van der Waals surface area contributed by atoms with Crippen LogP contribution < -0.4 is 10.6 Å². The summed E-state index contributed by atoms with van der Waals surface area (Å²) in [6.07, 6.45) is 7.34. The molecule has 0 spiro atoms. The predicted octanol–water partition coefficient (Wildman–Crippen LogP) is 3.09. The summed E-state index contributed by atoms with van der Waals surface area (Å²) in [5.41, 5.74) is 1.55. The number of Topliss-reactive ketones (excluding diaryl/α,β-unsaturated/α-hetero) is 1. The van der Waals surface area contributed by atoms with Gasteiger partial charge in [0.2, 0.25) is 0 Å². The number of carbonyl (C=O) groups is 2. The van der Waals surface area contributed by atoms with Crippen molar-refractivity contribution in [3.05, 3.63) is 34.6 Å². The normalized spacial score (nSPS) is 31.1. The molecule has 3 aliphatic carbocycles. The molecule has 0 radical (unpaired) electrons. The second kappa shape index (κ2) is 9.09. The van der Waals surface area contributed by atoms with Crippen LogP contribution in [-0.2, 0) is 16.1 Å². The van der Waals surface area contributed by atoms with Crippen LogP contribution in [0, 0.1) is 16.6 Å². The maximum atomic E-state index is 13.4. The highest BCUT2D eigenvalue weighted by molar-refractivity contribution is 6.69. The summed E-state index contributed by atoms with van der Waals surface area (Å²) in [5.74, 6) is -0.525. The van der Waals surface area contributed by atoms with Gasteiger partial charge in [-0.25, -0.2) is 9.38 Å². The van der Waals surface area contributed by atoms with Gasteiger partial charge in [-0.3, -0.25) is 24.9 Å². The summed E-state index contributed by atoms with van der Waals surface area (Å²) < 4.78 is 13.4. The lowest BCUT2D eigenvalue weighted by Crippen LogP contribution is -2.55. The van der Waals surface area contributed by atoms with Crippen molar-refractivity contribution in [1.29, 1.82) is 0 Å². The third-order valence-electron chi connectivity index (χ3n) is 8.39. The van der Waals surface area contributed by atoms with E-state index in [-0.39, 0.29) is 46.2 Å². The molecule has 6 rings (SSSR count). The van der Waals surface area contributed by atoms with E-state index in [4.69, 9.17) is 11.6 Å². The van der Waals surface area contributed by atoms with Crippen LogP contribution in [0.25, 0.3) is 0 Å². The SMILES string of the molecule is CC(=O)C12CCC(CNC3C4N=CN=C(C(=O)NCc5ccc(F)c(Cl)c5)C4=NN3C)(CC1)CC2. The van der Waals surface area contributed by atoms with Crippen molar-refractivity contribution in [1.82, 2.24) is 15.6 Å². The molecule has 3 fully saturated rings. The van der Waals surface area contributed by atoms with Crippen molar-refractivity contribution >= 4 is 41.1 Å². The molecule has 3 saturated carbocycles. The molecule has 1 aromatic rings. The van der Waals surface area contributed by atoms with Gasteiger partial charge in [0.1, 0.15) is 35.9 Å². The number of nitrogens with one attached hydrogen (secondary N) is 2. The molecule has 0 saturated heterocycles. The van der Waals surface area contributed by atoms with Crippen LogP contribution in [0.4, 0.5) is 4.39 Å². The molecule has 10 heteroatoms. The van der Waals surface area contributed by atoms with Crippen LogP contribution in [-0.4, -0.2) is 60.3 Å². The zero-order valence-corrected chi connectivity index (χ0v) is 20.7. The Morgan fingerprint density at radius 2 is 1.91 bits per heavy atom. The Balaban J connectivity index is 1.20. The molecular formula is C25H30ClFN6O2. The van der Waals surface area contributed by atoms with Crippen LogP contribution in [0.15, 0.2) is 33.3 Å². The Labute approximate surface area is 209 Å². The first-order chi connectivity index (χ1) is 16.7. The number of carbonyl (C=O) groups excluding carboxylic acids is 2. The van der Waals surface area contributed by atoms with E-state index in [9.17, 15) is 14.0 Å². The highest BCUT2D eigenvalue weighted by Gasteiger charge is 2.51. The fourth-order valence-electron chi connectivity index (χ4n) is 5.93. The summed E-state index contributed by atoms with van der Waals surface area (Å²) >= 11 is 5.84. The minimum absolute atomic E-state index is 0.0112. The number of hydrazone groups is 1. The van der Waals surface area contributed by atoms with E-state index in [1.54, 1.807) is 13.0 Å². The van der Waals surface area contributed by atoms with Crippen molar-refractivity contribution in [3.63, 3.8) is 0 Å². The second-order valence-electron chi connectivity index (χ2n) is 10.3. The zero-order chi connectivity index (χ0) is 24.8. The van der Waals surface area contributed by atoms with Crippen LogP contribution >= 0.6 is 11.6 Å². The second-order valence-corrected chi connectivity index (χ2v) is 10.7. The molecule has 2 aliphatic heterocycles. The van der Waals surface area contributed by atoms with Crippen molar-refractivity contribution in [2.75, 3.05) is 13.6 Å². The molecule has 5 aliphatic rings. The van der Waals surface area contributed by atoms with Crippen LogP contribution in [0.5, 0.6) is 0 Å². The van der Waals surface area contributed by atoms with Gasteiger partial charge in [0, 0.05) is 25.6 Å². The molecule has 186 valence electrons. The molecule has 2 atom stereocenters. The molecule has 2 bridgehead atoms. The Bertz CT molecular complexity index is 1120. The third-order valence-corrected chi connectivity index (χ3v) is 8.68. The quantitative estimate of drug-likeness (QED) is 0.601. The van der Waals surface area contributed by atoms with Gasteiger partial charge in [-0.1, -0.05) is 17.7 Å². The van der Waals surface area contributed by atoms with Gasteiger partial charge in [0.25, 0.3) is 5.91 Å². The molecule has 1 amide bonds. The van der Waals surface area contributed by atoms with Crippen LogP contribution in [0.1, 0.15) is 51.0 Å². The highest BCUT2D eigenvalue weighted by atomic mass is 35.5. The van der Waals surface area contributed by atoms with Crippen molar-refractivity contribution in [2.45, 2.75) is 64.2 Å². The van der Waals surface area contributed by atoms with Gasteiger partial charge in [-0.15, -0.1) is 0 Å². The Kier molecular flexibility index (Phi) is 6.25. The third kappa shape index (κ3) is 4.40. The lowest BCUT2D eigenvalue weighted by atomic mass is 9.52. The van der Waals surface area contributed by atoms with Gasteiger partial charge in [0.05, 0.1) is 5.02 Å². The number of amides is 1. The largest absolute Gasteiger partial charge is 0.347 e. The average molecular weight is 501 g/mol. The average Bonchev–Trinajstić information content (AvgIpc) is 3.19. The summed E-state index contributed by atoms with van der Waals surface area (Å²) in [6.45, 7) is 2.76. The number of rotatable bonds is 7. The van der Waals surface area contributed by atoms with Crippen LogP contribution in [0.2, 0.25) is 5.02 Å². The molecule has 0 aromatic heterocycles. The molecule has 8 nitrogen and oxygen atoms in total. The van der Waals surface area contributed by atoms with Gasteiger partial charge in [-0.2, -0.15) is 5.10 Å². The number of hydrogen-bond acceptors (Lipinski definition) is 7. The lowest BCUT2D eigenvalue weighted by Gasteiger charge is -2.53. The van der Waals surface area contributed by atoms with Gasteiger partial charge < -0.3 is 5.32 Å². The summed E-state index contributed by atoms with van der Waals surface area (Å²) in [4.78, 5) is 33.8. The molecule has 2 unspecified atom stereocenters. The zero-order valence-electron chi connectivity index (χ0n) is 20.0.